The van der Waals surface area contributed by atoms with Crippen LogP contribution in [0.5, 0.6) is 0 Å². The molecule has 100 valence electrons. The Labute approximate surface area is 113 Å². The summed E-state index contributed by atoms with van der Waals surface area (Å²) in [5.41, 5.74) is 0.00722. The standard InChI is InChI=1S/C11H11ClN4O3/c1-6-15-8(19-16-6)3-5-14-10-9(12)7(11(17)18)2-4-13-10/h2,4H,3,5H2,1H3,(H,13,14)(H,17,18). The first-order chi connectivity index (χ1) is 9.08. The van der Waals surface area contributed by atoms with Crippen LogP contribution in [0, 0.1) is 6.92 Å². The summed E-state index contributed by atoms with van der Waals surface area (Å²) in [7, 11) is 0. The summed E-state index contributed by atoms with van der Waals surface area (Å²) < 4.78 is 4.95. The average molecular weight is 283 g/mol. The summed E-state index contributed by atoms with van der Waals surface area (Å²) in [6.07, 6.45) is 1.88. The minimum absolute atomic E-state index is 0.00722. The van der Waals surface area contributed by atoms with Crippen LogP contribution in [0.3, 0.4) is 0 Å². The molecule has 0 unspecified atom stereocenters. The molecule has 0 spiro atoms. The Balaban J connectivity index is 2.00. The van der Waals surface area contributed by atoms with E-state index in [9.17, 15) is 4.79 Å². The van der Waals surface area contributed by atoms with Gasteiger partial charge in [-0.05, 0) is 13.0 Å². The van der Waals surface area contributed by atoms with Crippen LogP contribution in [-0.4, -0.2) is 32.7 Å². The van der Waals surface area contributed by atoms with Gasteiger partial charge in [0.15, 0.2) is 5.82 Å². The van der Waals surface area contributed by atoms with Gasteiger partial charge in [0.1, 0.15) is 5.82 Å². The van der Waals surface area contributed by atoms with Gasteiger partial charge in [-0.15, -0.1) is 0 Å². The second-order valence-corrected chi connectivity index (χ2v) is 4.12. The molecule has 2 aromatic rings. The highest BCUT2D eigenvalue weighted by Crippen LogP contribution is 2.23. The van der Waals surface area contributed by atoms with Gasteiger partial charge >= 0.3 is 5.97 Å². The number of pyridine rings is 1. The van der Waals surface area contributed by atoms with Crippen molar-refractivity contribution in [1.29, 1.82) is 0 Å². The Bertz CT molecular complexity index is 599. The van der Waals surface area contributed by atoms with Crippen molar-refractivity contribution in [1.82, 2.24) is 15.1 Å². The van der Waals surface area contributed by atoms with Crippen molar-refractivity contribution in [2.75, 3.05) is 11.9 Å². The van der Waals surface area contributed by atoms with Gasteiger partial charge in [-0.3, -0.25) is 0 Å². The molecule has 7 nitrogen and oxygen atoms in total. The summed E-state index contributed by atoms with van der Waals surface area (Å²) in [5.74, 6) is 0.287. The highest BCUT2D eigenvalue weighted by molar-refractivity contribution is 6.35. The van der Waals surface area contributed by atoms with E-state index >= 15 is 0 Å². The summed E-state index contributed by atoms with van der Waals surface area (Å²) in [4.78, 5) is 18.9. The van der Waals surface area contributed by atoms with Gasteiger partial charge in [0.25, 0.3) is 0 Å². The molecule has 0 aliphatic carbocycles. The number of aryl methyl sites for hydroxylation is 1. The van der Waals surface area contributed by atoms with Crippen molar-refractivity contribution in [3.63, 3.8) is 0 Å². The number of anilines is 1. The Morgan fingerprint density at radius 1 is 1.58 bits per heavy atom. The number of carbonyl (C=O) groups is 1. The number of nitrogens with zero attached hydrogens (tertiary/aromatic N) is 3. The highest BCUT2D eigenvalue weighted by atomic mass is 35.5. The zero-order valence-electron chi connectivity index (χ0n) is 10.1. The maximum absolute atomic E-state index is 10.9. The van der Waals surface area contributed by atoms with Gasteiger partial charge in [0, 0.05) is 19.2 Å². The van der Waals surface area contributed by atoms with E-state index in [1.54, 1.807) is 6.92 Å². The smallest absolute Gasteiger partial charge is 0.337 e. The lowest BCUT2D eigenvalue weighted by Crippen LogP contribution is -2.09. The lowest BCUT2D eigenvalue weighted by Gasteiger charge is -2.07. The number of halogens is 1. The van der Waals surface area contributed by atoms with Crippen LogP contribution < -0.4 is 5.32 Å². The Hall–Kier alpha value is -2.15. The van der Waals surface area contributed by atoms with Crippen LogP contribution >= 0.6 is 11.6 Å². The van der Waals surface area contributed by atoms with E-state index in [1.165, 1.54) is 12.3 Å². The molecule has 0 aliphatic rings. The Morgan fingerprint density at radius 2 is 2.37 bits per heavy atom. The maximum atomic E-state index is 10.9. The Morgan fingerprint density at radius 3 is 3.00 bits per heavy atom. The summed E-state index contributed by atoms with van der Waals surface area (Å²) >= 11 is 5.93. The summed E-state index contributed by atoms with van der Waals surface area (Å²) in [6, 6.07) is 1.34. The van der Waals surface area contributed by atoms with E-state index in [-0.39, 0.29) is 10.6 Å². The summed E-state index contributed by atoms with van der Waals surface area (Å²) in [6.45, 7) is 2.19. The predicted octanol–water partition coefficient (Wildman–Crippen LogP) is 1.78. The molecule has 0 atom stereocenters. The topological polar surface area (TPSA) is 101 Å². The van der Waals surface area contributed by atoms with E-state index in [4.69, 9.17) is 21.2 Å². The largest absolute Gasteiger partial charge is 0.478 e. The molecule has 0 aliphatic heterocycles. The van der Waals surface area contributed by atoms with Crippen LogP contribution in [0.15, 0.2) is 16.8 Å². The van der Waals surface area contributed by atoms with Crippen LogP contribution in [0.25, 0.3) is 0 Å². The minimum atomic E-state index is -1.09. The number of hydrogen-bond acceptors (Lipinski definition) is 6. The number of nitrogens with one attached hydrogen (secondary N) is 1. The van der Waals surface area contributed by atoms with Gasteiger partial charge < -0.3 is 14.9 Å². The van der Waals surface area contributed by atoms with Crippen molar-refractivity contribution < 1.29 is 14.4 Å². The molecule has 0 amide bonds. The van der Waals surface area contributed by atoms with E-state index in [0.717, 1.165) is 0 Å². The molecular formula is C11H11ClN4O3. The number of carboxylic acid groups (broad SMARTS) is 1. The second-order valence-electron chi connectivity index (χ2n) is 3.74. The molecule has 0 aromatic carbocycles. The predicted molar refractivity (Wildman–Crippen MR) is 67.4 cm³/mol. The zero-order valence-corrected chi connectivity index (χ0v) is 10.8. The summed E-state index contributed by atoms with van der Waals surface area (Å²) in [5, 5.41) is 15.6. The van der Waals surface area contributed by atoms with Crippen LogP contribution in [0.4, 0.5) is 5.82 Å². The first kappa shape index (κ1) is 13.3. The molecule has 0 bridgehead atoms. The number of rotatable bonds is 5. The number of aromatic nitrogens is 3. The molecule has 2 rings (SSSR count). The molecule has 0 radical (unpaired) electrons. The Kier molecular flexibility index (Phi) is 3.96. The van der Waals surface area contributed by atoms with E-state index in [1.807, 2.05) is 0 Å². The molecule has 2 N–H and O–H groups in total. The van der Waals surface area contributed by atoms with Crippen molar-refractivity contribution in [3.8, 4) is 0 Å². The van der Waals surface area contributed by atoms with Crippen LogP contribution in [-0.2, 0) is 6.42 Å². The van der Waals surface area contributed by atoms with Gasteiger partial charge in [-0.2, -0.15) is 4.98 Å². The SMILES string of the molecule is Cc1noc(CCNc2nccc(C(=O)O)c2Cl)n1. The third kappa shape index (κ3) is 3.19. The third-order valence-corrected chi connectivity index (χ3v) is 2.70. The van der Waals surface area contributed by atoms with Crippen LogP contribution in [0.1, 0.15) is 22.1 Å². The lowest BCUT2D eigenvalue weighted by molar-refractivity contribution is 0.0697. The quantitative estimate of drug-likeness (QED) is 0.862. The number of aromatic carboxylic acids is 1. The number of hydrogen-bond donors (Lipinski definition) is 2. The minimum Gasteiger partial charge on any atom is -0.478 e. The third-order valence-electron chi connectivity index (χ3n) is 2.32. The van der Waals surface area contributed by atoms with E-state index in [0.29, 0.717) is 30.5 Å². The molecular weight excluding hydrogens is 272 g/mol. The zero-order chi connectivity index (χ0) is 13.8. The van der Waals surface area contributed by atoms with Gasteiger partial charge in [-0.25, -0.2) is 9.78 Å². The van der Waals surface area contributed by atoms with Crippen molar-refractivity contribution in [3.05, 3.63) is 34.6 Å². The molecule has 0 saturated carbocycles. The average Bonchev–Trinajstić information content (AvgIpc) is 2.77. The highest BCUT2D eigenvalue weighted by Gasteiger charge is 2.13. The molecule has 0 fully saturated rings. The van der Waals surface area contributed by atoms with Crippen molar-refractivity contribution >= 4 is 23.4 Å². The fourth-order valence-corrected chi connectivity index (χ4v) is 1.72. The van der Waals surface area contributed by atoms with Gasteiger partial charge in [-0.1, -0.05) is 16.8 Å². The first-order valence-corrected chi connectivity index (χ1v) is 5.86. The molecule has 2 heterocycles. The normalized spacial score (nSPS) is 10.4. The monoisotopic (exact) mass is 282 g/mol. The maximum Gasteiger partial charge on any atom is 0.337 e. The lowest BCUT2D eigenvalue weighted by atomic mass is 10.2. The van der Waals surface area contributed by atoms with E-state index < -0.39 is 5.97 Å². The van der Waals surface area contributed by atoms with Gasteiger partial charge in [0.05, 0.1) is 10.6 Å². The fraction of sp³-hybridized carbons (Fsp3) is 0.273. The number of carboxylic acids is 1. The van der Waals surface area contributed by atoms with Crippen molar-refractivity contribution in [2.45, 2.75) is 13.3 Å². The van der Waals surface area contributed by atoms with Crippen LogP contribution in [0.2, 0.25) is 5.02 Å². The molecule has 8 heteroatoms. The second kappa shape index (κ2) is 5.66. The molecule has 19 heavy (non-hydrogen) atoms. The fourth-order valence-electron chi connectivity index (χ4n) is 1.46. The first-order valence-electron chi connectivity index (χ1n) is 5.49. The van der Waals surface area contributed by atoms with E-state index in [2.05, 4.69) is 20.4 Å². The molecule has 0 saturated heterocycles. The van der Waals surface area contributed by atoms with Crippen molar-refractivity contribution in [2.24, 2.45) is 0 Å². The molecule has 2 aromatic heterocycles. The van der Waals surface area contributed by atoms with Gasteiger partial charge in [0.2, 0.25) is 5.89 Å².